The van der Waals surface area contributed by atoms with Gasteiger partial charge >= 0.3 is 0 Å². The number of rotatable bonds is 4. The number of anilines is 3. The van der Waals surface area contributed by atoms with Crippen molar-refractivity contribution in [3.8, 4) is 0 Å². The minimum atomic E-state index is -0.497. The predicted molar refractivity (Wildman–Crippen MR) is 98.9 cm³/mol. The van der Waals surface area contributed by atoms with Gasteiger partial charge in [0.2, 0.25) is 5.88 Å². The number of hydrogen-bond donors (Lipinski definition) is 0. The van der Waals surface area contributed by atoms with E-state index in [0.29, 0.717) is 11.4 Å². The molecule has 0 spiro atoms. The van der Waals surface area contributed by atoms with E-state index in [4.69, 9.17) is 16.1 Å². The van der Waals surface area contributed by atoms with E-state index in [1.807, 2.05) is 65.6 Å². The van der Waals surface area contributed by atoms with Gasteiger partial charge in [0.1, 0.15) is 0 Å². The molecule has 3 aromatic carbocycles. The highest BCUT2D eigenvalue weighted by Crippen LogP contribution is 2.37. The number of nitrogens with zero attached hydrogens (tertiary/aromatic N) is 2. The summed E-state index contributed by atoms with van der Waals surface area (Å²) in [6, 6.07) is 22.9. The highest BCUT2D eigenvalue weighted by molar-refractivity contribution is 6.68. The number of fused-ring (bicyclic) bond motifs is 1. The van der Waals surface area contributed by atoms with Crippen molar-refractivity contribution < 1.29 is 9.32 Å². The van der Waals surface area contributed by atoms with Crippen molar-refractivity contribution in [2.24, 2.45) is 0 Å². The molecular weight excluding hydrogens is 336 g/mol. The minimum Gasteiger partial charge on any atom is -0.338 e. The van der Waals surface area contributed by atoms with Crippen LogP contribution in [0.5, 0.6) is 0 Å². The Balaban J connectivity index is 1.98. The van der Waals surface area contributed by atoms with E-state index in [2.05, 4.69) is 5.16 Å². The van der Waals surface area contributed by atoms with Crippen molar-refractivity contribution in [1.82, 2.24) is 5.16 Å². The lowest BCUT2D eigenvalue weighted by Crippen LogP contribution is -2.10. The van der Waals surface area contributed by atoms with Gasteiger partial charge in [-0.1, -0.05) is 47.6 Å². The van der Waals surface area contributed by atoms with Crippen LogP contribution in [0.25, 0.3) is 10.8 Å². The van der Waals surface area contributed by atoms with Crippen LogP contribution in [0.15, 0.2) is 83.5 Å². The molecule has 1 aromatic heterocycles. The molecule has 0 radical (unpaired) electrons. The lowest BCUT2D eigenvalue weighted by molar-refractivity contribution is 0.108. The summed E-state index contributed by atoms with van der Waals surface area (Å²) in [6.45, 7) is 0. The molecule has 122 valence electrons. The van der Waals surface area contributed by atoms with E-state index < -0.39 is 5.24 Å². The number of carbonyl (C=O) groups is 1. The molecule has 0 unspecified atom stereocenters. The molecule has 0 aliphatic heterocycles. The normalized spacial score (nSPS) is 10.8. The highest BCUT2D eigenvalue weighted by atomic mass is 35.5. The van der Waals surface area contributed by atoms with Gasteiger partial charge in [0.15, 0.2) is 0 Å². The lowest BCUT2D eigenvalue weighted by atomic mass is 10.0. The quantitative estimate of drug-likeness (QED) is 0.445. The summed E-state index contributed by atoms with van der Waals surface area (Å²) in [6.07, 6.45) is 1.58. The van der Waals surface area contributed by atoms with Gasteiger partial charge in [-0.05, 0) is 46.6 Å². The average molecular weight is 349 g/mol. The summed E-state index contributed by atoms with van der Waals surface area (Å²) in [5, 5.41) is 5.04. The van der Waals surface area contributed by atoms with Crippen LogP contribution < -0.4 is 4.90 Å². The lowest BCUT2D eigenvalue weighted by Gasteiger charge is -2.22. The summed E-state index contributed by atoms with van der Waals surface area (Å²) in [5.74, 6) is 0.550. The summed E-state index contributed by atoms with van der Waals surface area (Å²) < 4.78 is 5.37. The Morgan fingerprint density at radius 2 is 1.68 bits per heavy atom. The van der Waals surface area contributed by atoms with Crippen molar-refractivity contribution in [2.75, 3.05) is 4.90 Å². The zero-order valence-electron chi connectivity index (χ0n) is 13.1. The van der Waals surface area contributed by atoms with Gasteiger partial charge in [-0.25, -0.2) is 0 Å². The molecule has 4 nitrogen and oxygen atoms in total. The molecule has 4 rings (SSSR count). The number of carbonyl (C=O) groups excluding carboxylic acids is 1. The van der Waals surface area contributed by atoms with Crippen LogP contribution in [-0.4, -0.2) is 10.4 Å². The van der Waals surface area contributed by atoms with Gasteiger partial charge < -0.3 is 4.52 Å². The third-order valence-corrected chi connectivity index (χ3v) is 4.18. The molecule has 0 bridgehead atoms. The number of hydrogen-bond acceptors (Lipinski definition) is 4. The summed E-state index contributed by atoms with van der Waals surface area (Å²) in [7, 11) is 0. The molecule has 4 aromatic rings. The van der Waals surface area contributed by atoms with Gasteiger partial charge in [-0.2, -0.15) is 0 Å². The van der Waals surface area contributed by atoms with Gasteiger partial charge in [0.05, 0.1) is 11.9 Å². The fourth-order valence-corrected chi connectivity index (χ4v) is 3.05. The smallest absolute Gasteiger partial charge is 0.253 e. The van der Waals surface area contributed by atoms with Crippen LogP contribution in [0.4, 0.5) is 17.3 Å². The Labute approximate surface area is 149 Å². The number of aromatic nitrogens is 1. The number of benzene rings is 3. The van der Waals surface area contributed by atoms with E-state index in [1.54, 1.807) is 18.3 Å². The summed E-state index contributed by atoms with van der Waals surface area (Å²) in [5.41, 5.74) is 2.11. The Bertz CT molecular complexity index is 1030. The second kappa shape index (κ2) is 6.42. The molecule has 0 N–H and O–H groups in total. The first-order chi connectivity index (χ1) is 12.2. The van der Waals surface area contributed by atoms with Gasteiger partial charge in [0.25, 0.3) is 5.24 Å². The molecule has 0 atom stereocenters. The first-order valence-electron chi connectivity index (χ1n) is 7.72. The van der Waals surface area contributed by atoms with Gasteiger partial charge in [-0.3, -0.25) is 9.69 Å². The van der Waals surface area contributed by atoms with Gasteiger partial charge in [-0.15, -0.1) is 0 Å². The highest BCUT2D eigenvalue weighted by Gasteiger charge is 2.18. The largest absolute Gasteiger partial charge is 0.338 e. The van der Waals surface area contributed by atoms with E-state index in [1.165, 1.54) is 0 Å². The minimum absolute atomic E-state index is 0.454. The fraction of sp³-hybridized carbons (Fsp3) is 0. The number of halogens is 1. The topological polar surface area (TPSA) is 46.3 Å². The summed E-state index contributed by atoms with van der Waals surface area (Å²) >= 11 is 5.84. The van der Waals surface area contributed by atoms with Crippen LogP contribution in [0.1, 0.15) is 10.4 Å². The molecule has 0 amide bonds. The van der Waals surface area contributed by atoms with Crippen molar-refractivity contribution in [3.05, 3.63) is 84.6 Å². The third-order valence-electron chi connectivity index (χ3n) is 3.98. The standard InChI is InChI=1S/C20H13ClN2O2/c21-20(24)18-13-16(12-14-6-4-5-9-17(14)18)23(19-10-11-22-25-19)15-7-2-1-3-8-15/h1-13H. The van der Waals surface area contributed by atoms with E-state index in [-0.39, 0.29) is 0 Å². The maximum atomic E-state index is 12.0. The van der Waals surface area contributed by atoms with E-state index in [0.717, 1.165) is 22.1 Å². The van der Waals surface area contributed by atoms with E-state index >= 15 is 0 Å². The molecular formula is C20H13ClN2O2. The van der Waals surface area contributed by atoms with E-state index in [9.17, 15) is 4.79 Å². The maximum Gasteiger partial charge on any atom is 0.253 e. The Hall–Kier alpha value is -3.11. The maximum absolute atomic E-state index is 12.0. The fourth-order valence-electron chi connectivity index (χ4n) is 2.89. The zero-order valence-corrected chi connectivity index (χ0v) is 13.9. The van der Waals surface area contributed by atoms with Gasteiger partial charge in [0, 0.05) is 17.3 Å². The Morgan fingerprint density at radius 1 is 0.920 bits per heavy atom. The SMILES string of the molecule is O=C(Cl)c1cc(N(c2ccccc2)c2ccno2)cc2ccccc12. The molecule has 5 heteroatoms. The van der Waals surface area contributed by atoms with Crippen molar-refractivity contribution in [3.63, 3.8) is 0 Å². The van der Waals surface area contributed by atoms with Crippen molar-refractivity contribution in [2.45, 2.75) is 0 Å². The van der Waals surface area contributed by atoms with Crippen LogP contribution >= 0.6 is 11.6 Å². The molecule has 0 saturated carbocycles. The monoisotopic (exact) mass is 348 g/mol. The average Bonchev–Trinajstić information content (AvgIpc) is 3.16. The van der Waals surface area contributed by atoms with Crippen LogP contribution in [0, 0.1) is 0 Å². The summed E-state index contributed by atoms with van der Waals surface area (Å²) in [4.78, 5) is 13.9. The molecule has 25 heavy (non-hydrogen) atoms. The second-order valence-electron chi connectivity index (χ2n) is 5.51. The first kappa shape index (κ1) is 15.4. The molecule has 1 heterocycles. The van der Waals surface area contributed by atoms with Crippen molar-refractivity contribution >= 4 is 44.9 Å². The molecule has 0 aliphatic rings. The van der Waals surface area contributed by atoms with Crippen LogP contribution in [0.3, 0.4) is 0 Å². The number of para-hydroxylation sites is 1. The van der Waals surface area contributed by atoms with Crippen LogP contribution in [-0.2, 0) is 0 Å². The predicted octanol–water partition coefficient (Wildman–Crippen LogP) is 5.68. The van der Waals surface area contributed by atoms with Crippen LogP contribution in [0.2, 0.25) is 0 Å². The second-order valence-corrected chi connectivity index (χ2v) is 5.85. The first-order valence-corrected chi connectivity index (χ1v) is 8.10. The third kappa shape index (κ3) is 2.88. The zero-order chi connectivity index (χ0) is 17.2. The Morgan fingerprint density at radius 3 is 2.40 bits per heavy atom. The molecule has 0 aliphatic carbocycles. The van der Waals surface area contributed by atoms with Crippen molar-refractivity contribution in [1.29, 1.82) is 0 Å². The molecule has 0 fully saturated rings. The Kier molecular flexibility index (Phi) is 3.96. The molecule has 0 saturated heterocycles.